The Hall–Kier alpha value is -2.04. The van der Waals surface area contributed by atoms with Crippen molar-refractivity contribution in [3.8, 4) is 0 Å². The number of rotatable bonds is 3. The fraction of sp³-hybridized carbons (Fsp3) is 0.273. The van der Waals surface area contributed by atoms with Crippen LogP contribution >= 0.6 is 0 Å². The number of nitrogen functional groups attached to an aromatic ring is 1. The van der Waals surface area contributed by atoms with Crippen molar-refractivity contribution in [2.45, 2.75) is 13.8 Å². The highest BCUT2D eigenvalue weighted by molar-refractivity contribution is 6.01. The van der Waals surface area contributed by atoms with Crippen molar-refractivity contribution in [2.24, 2.45) is 5.92 Å². The van der Waals surface area contributed by atoms with E-state index >= 15 is 0 Å². The summed E-state index contributed by atoms with van der Waals surface area (Å²) in [5.41, 5.74) is 6.20. The third-order valence-electron chi connectivity index (χ3n) is 2.06. The van der Waals surface area contributed by atoms with Crippen molar-refractivity contribution < 1.29 is 14.7 Å². The van der Waals surface area contributed by atoms with E-state index in [9.17, 15) is 9.59 Å². The molecule has 16 heavy (non-hydrogen) atoms. The highest BCUT2D eigenvalue weighted by Crippen LogP contribution is 2.19. The molecular formula is C11H14N2O3. The van der Waals surface area contributed by atoms with Gasteiger partial charge in [-0.2, -0.15) is 0 Å². The van der Waals surface area contributed by atoms with Crippen molar-refractivity contribution in [3.63, 3.8) is 0 Å². The summed E-state index contributed by atoms with van der Waals surface area (Å²) in [6, 6.07) is 4.28. The highest BCUT2D eigenvalue weighted by atomic mass is 16.4. The van der Waals surface area contributed by atoms with Gasteiger partial charge in [-0.15, -0.1) is 0 Å². The molecule has 0 aliphatic carbocycles. The van der Waals surface area contributed by atoms with Gasteiger partial charge in [0, 0.05) is 11.6 Å². The molecule has 1 aromatic rings. The molecule has 5 heteroatoms. The summed E-state index contributed by atoms with van der Waals surface area (Å²) in [5, 5.41) is 11.4. The molecule has 0 unspecified atom stereocenters. The van der Waals surface area contributed by atoms with Gasteiger partial charge in [0.1, 0.15) is 0 Å². The van der Waals surface area contributed by atoms with Gasteiger partial charge in [-0.3, -0.25) is 4.79 Å². The Morgan fingerprint density at radius 1 is 1.38 bits per heavy atom. The lowest BCUT2D eigenvalue weighted by Gasteiger charge is -2.10. The SMILES string of the molecule is CC(C)C(=O)Nc1cc(N)ccc1C(=O)O. The Kier molecular flexibility index (Phi) is 3.50. The molecule has 4 N–H and O–H groups in total. The van der Waals surface area contributed by atoms with Crippen LogP contribution in [0.5, 0.6) is 0 Å². The Morgan fingerprint density at radius 3 is 2.50 bits per heavy atom. The van der Waals surface area contributed by atoms with Gasteiger partial charge in [-0.25, -0.2) is 4.79 Å². The van der Waals surface area contributed by atoms with Crippen LogP contribution in [-0.4, -0.2) is 17.0 Å². The number of nitrogens with one attached hydrogen (secondary N) is 1. The molecule has 0 saturated heterocycles. The zero-order valence-electron chi connectivity index (χ0n) is 9.15. The van der Waals surface area contributed by atoms with Crippen molar-refractivity contribution in [3.05, 3.63) is 23.8 Å². The van der Waals surface area contributed by atoms with Crippen LogP contribution in [0.4, 0.5) is 11.4 Å². The highest BCUT2D eigenvalue weighted by Gasteiger charge is 2.14. The number of carbonyl (C=O) groups is 2. The number of amides is 1. The van der Waals surface area contributed by atoms with Crippen LogP contribution in [0.25, 0.3) is 0 Å². The minimum atomic E-state index is -1.10. The monoisotopic (exact) mass is 222 g/mol. The molecule has 0 aromatic heterocycles. The molecule has 0 bridgehead atoms. The average molecular weight is 222 g/mol. The Morgan fingerprint density at radius 2 is 2.00 bits per heavy atom. The average Bonchev–Trinajstić information content (AvgIpc) is 2.16. The summed E-state index contributed by atoms with van der Waals surface area (Å²) >= 11 is 0. The molecule has 0 saturated carbocycles. The molecule has 0 fully saturated rings. The van der Waals surface area contributed by atoms with Crippen LogP contribution in [-0.2, 0) is 4.79 Å². The first kappa shape index (κ1) is 12.0. The zero-order chi connectivity index (χ0) is 12.3. The van der Waals surface area contributed by atoms with E-state index in [4.69, 9.17) is 10.8 Å². The second-order valence-electron chi connectivity index (χ2n) is 3.75. The van der Waals surface area contributed by atoms with E-state index in [0.29, 0.717) is 5.69 Å². The number of benzene rings is 1. The molecule has 0 heterocycles. The number of hydrogen-bond donors (Lipinski definition) is 3. The Bertz CT molecular complexity index is 427. The van der Waals surface area contributed by atoms with Gasteiger partial charge in [0.05, 0.1) is 11.3 Å². The Balaban J connectivity index is 3.06. The number of nitrogens with two attached hydrogens (primary N) is 1. The van der Waals surface area contributed by atoms with E-state index in [0.717, 1.165) is 0 Å². The van der Waals surface area contributed by atoms with Gasteiger partial charge in [-0.1, -0.05) is 13.8 Å². The maximum absolute atomic E-state index is 11.5. The maximum atomic E-state index is 11.5. The lowest BCUT2D eigenvalue weighted by molar-refractivity contribution is -0.118. The van der Waals surface area contributed by atoms with Crippen molar-refractivity contribution in [1.29, 1.82) is 0 Å². The van der Waals surface area contributed by atoms with Gasteiger partial charge >= 0.3 is 5.97 Å². The molecule has 1 rings (SSSR count). The van der Waals surface area contributed by atoms with Gasteiger partial charge in [0.25, 0.3) is 0 Å². The molecule has 1 aromatic carbocycles. The quantitative estimate of drug-likeness (QED) is 0.676. The van der Waals surface area contributed by atoms with Crippen molar-refractivity contribution in [2.75, 3.05) is 11.1 Å². The largest absolute Gasteiger partial charge is 0.478 e. The fourth-order valence-electron chi connectivity index (χ4n) is 1.13. The summed E-state index contributed by atoms with van der Waals surface area (Å²) < 4.78 is 0. The Labute approximate surface area is 93.3 Å². The molecule has 86 valence electrons. The number of carboxylic acids is 1. The lowest BCUT2D eigenvalue weighted by Crippen LogP contribution is -2.19. The van der Waals surface area contributed by atoms with Gasteiger partial charge in [0.2, 0.25) is 5.91 Å². The van der Waals surface area contributed by atoms with E-state index in [1.165, 1.54) is 18.2 Å². The van der Waals surface area contributed by atoms with Crippen LogP contribution in [0.15, 0.2) is 18.2 Å². The summed E-state index contributed by atoms with van der Waals surface area (Å²) in [6.07, 6.45) is 0. The molecule has 0 aliphatic rings. The third kappa shape index (κ3) is 2.73. The van der Waals surface area contributed by atoms with Crippen molar-refractivity contribution in [1.82, 2.24) is 0 Å². The number of carboxylic acid groups (broad SMARTS) is 1. The summed E-state index contributed by atoms with van der Waals surface area (Å²) in [5.74, 6) is -1.56. The summed E-state index contributed by atoms with van der Waals surface area (Å²) in [7, 11) is 0. The minimum Gasteiger partial charge on any atom is -0.478 e. The number of hydrogen-bond acceptors (Lipinski definition) is 3. The summed E-state index contributed by atoms with van der Waals surface area (Å²) in [4.78, 5) is 22.3. The van der Waals surface area contributed by atoms with E-state index in [2.05, 4.69) is 5.32 Å². The second-order valence-corrected chi connectivity index (χ2v) is 3.75. The third-order valence-corrected chi connectivity index (χ3v) is 2.06. The molecule has 0 aliphatic heterocycles. The predicted octanol–water partition coefficient (Wildman–Crippen LogP) is 1.56. The fourth-order valence-corrected chi connectivity index (χ4v) is 1.13. The van der Waals surface area contributed by atoms with E-state index in [1.54, 1.807) is 13.8 Å². The van der Waals surface area contributed by atoms with Crippen molar-refractivity contribution >= 4 is 23.3 Å². The van der Waals surface area contributed by atoms with Gasteiger partial charge in [0.15, 0.2) is 0 Å². The second kappa shape index (κ2) is 4.65. The normalized spacial score (nSPS) is 10.2. The first-order valence-corrected chi connectivity index (χ1v) is 4.85. The van der Waals surface area contributed by atoms with Crippen LogP contribution < -0.4 is 11.1 Å². The van der Waals surface area contributed by atoms with E-state index in [-0.39, 0.29) is 23.1 Å². The van der Waals surface area contributed by atoms with Crippen LogP contribution in [0, 0.1) is 5.92 Å². The topological polar surface area (TPSA) is 92.4 Å². The molecule has 5 nitrogen and oxygen atoms in total. The smallest absolute Gasteiger partial charge is 0.337 e. The number of anilines is 2. The molecule has 0 spiro atoms. The lowest BCUT2D eigenvalue weighted by atomic mass is 10.1. The maximum Gasteiger partial charge on any atom is 0.337 e. The van der Waals surface area contributed by atoms with Crippen LogP contribution in [0.2, 0.25) is 0 Å². The molecular weight excluding hydrogens is 208 g/mol. The van der Waals surface area contributed by atoms with Crippen LogP contribution in [0.1, 0.15) is 24.2 Å². The van der Waals surface area contributed by atoms with E-state index < -0.39 is 5.97 Å². The van der Waals surface area contributed by atoms with Gasteiger partial charge < -0.3 is 16.2 Å². The van der Waals surface area contributed by atoms with E-state index in [1.807, 2.05) is 0 Å². The summed E-state index contributed by atoms with van der Waals surface area (Å²) in [6.45, 7) is 3.45. The minimum absolute atomic E-state index is 0.0307. The molecule has 0 atom stereocenters. The first-order chi connectivity index (χ1) is 7.41. The standard InChI is InChI=1S/C11H14N2O3/c1-6(2)10(14)13-9-5-7(12)3-4-8(9)11(15)16/h3-6H,12H2,1-2H3,(H,13,14)(H,15,16). The first-order valence-electron chi connectivity index (χ1n) is 4.85. The van der Waals surface area contributed by atoms with Crippen LogP contribution in [0.3, 0.4) is 0 Å². The predicted molar refractivity (Wildman–Crippen MR) is 61.3 cm³/mol. The number of aromatic carboxylic acids is 1. The number of carbonyl (C=O) groups excluding carboxylic acids is 1. The zero-order valence-corrected chi connectivity index (χ0v) is 9.15. The molecule has 0 radical (unpaired) electrons. The van der Waals surface area contributed by atoms with Gasteiger partial charge in [-0.05, 0) is 18.2 Å². The molecule has 1 amide bonds.